The number of benzene rings is 1. The molecule has 0 bridgehead atoms. The summed E-state index contributed by atoms with van der Waals surface area (Å²) >= 11 is 0. The molecular formula is C17H22O4S. The van der Waals surface area contributed by atoms with Crippen LogP contribution in [-0.2, 0) is 20.0 Å². The van der Waals surface area contributed by atoms with Crippen molar-refractivity contribution in [2.24, 2.45) is 11.8 Å². The molecule has 1 aromatic carbocycles. The molecule has 0 saturated heterocycles. The molecular weight excluding hydrogens is 300 g/mol. The Balaban J connectivity index is 1.88. The number of aliphatic carboxylic acids is 1. The lowest BCUT2D eigenvalue weighted by Gasteiger charge is -2.24. The van der Waals surface area contributed by atoms with Crippen molar-refractivity contribution < 1.29 is 18.3 Å². The van der Waals surface area contributed by atoms with Gasteiger partial charge in [0.25, 0.3) is 0 Å². The first-order valence-electron chi connectivity index (χ1n) is 7.90. The first-order valence-corrected chi connectivity index (χ1v) is 9.79. The summed E-state index contributed by atoms with van der Waals surface area (Å²) < 4.78 is 23.1. The Bertz CT molecular complexity index is 671. The van der Waals surface area contributed by atoms with E-state index in [4.69, 9.17) is 0 Å². The zero-order valence-corrected chi connectivity index (χ0v) is 13.6. The standard InChI is InChI=1S/C17H22O4S/c1-22(20,21)14-9-7-13(8-10-14)17(16(18)19)11-15(17)12-5-3-2-4-6-12/h7-10,12,15H,2-6,11H2,1H3,(H,18,19). The minimum atomic E-state index is -3.25. The van der Waals surface area contributed by atoms with E-state index in [0.717, 1.165) is 24.7 Å². The van der Waals surface area contributed by atoms with E-state index in [0.29, 0.717) is 12.3 Å². The van der Waals surface area contributed by atoms with E-state index in [1.807, 2.05) is 0 Å². The van der Waals surface area contributed by atoms with E-state index in [2.05, 4.69) is 0 Å². The zero-order chi connectivity index (χ0) is 16.0. The third-order valence-corrected chi connectivity index (χ3v) is 6.54. The molecule has 5 heteroatoms. The first-order chi connectivity index (χ1) is 10.4. The molecule has 1 N–H and O–H groups in total. The van der Waals surface area contributed by atoms with E-state index in [1.165, 1.54) is 31.4 Å². The fourth-order valence-electron chi connectivity index (χ4n) is 4.09. The molecule has 2 aliphatic carbocycles. The van der Waals surface area contributed by atoms with Gasteiger partial charge in [-0.05, 0) is 36.0 Å². The molecule has 2 atom stereocenters. The quantitative estimate of drug-likeness (QED) is 0.925. The molecule has 1 aromatic rings. The summed E-state index contributed by atoms with van der Waals surface area (Å²) in [5.74, 6) is -0.0657. The van der Waals surface area contributed by atoms with Crippen molar-refractivity contribution in [1.29, 1.82) is 0 Å². The van der Waals surface area contributed by atoms with E-state index in [-0.39, 0.29) is 10.8 Å². The number of rotatable bonds is 4. The number of carbonyl (C=O) groups is 1. The fraction of sp³-hybridized carbons (Fsp3) is 0.588. The van der Waals surface area contributed by atoms with Crippen LogP contribution in [-0.4, -0.2) is 25.7 Å². The van der Waals surface area contributed by atoms with E-state index in [9.17, 15) is 18.3 Å². The maximum atomic E-state index is 11.9. The Kier molecular flexibility index (Phi) is 3.79. The summed E-state index contributed by atoms with van der Waals surface area (Å²) in [5.41, 5.74) is -0.0409. The van der Waals surface area contributed by atoms with Crippen LogP contribution in [0.1, 0.15) is 44.1 Å². The van der Waals surface area contributed by atoms with Crippen molar-refractivity contribution >= 4 is 15.8 Å². The third-order valence-electron chi connectivity index (χ3n) is 5.41. The second-order valence-corrected chi connectivity index (χ2v) is 8.80. The minimum absolute atomic E-state index is 0.203. The van der Waals surface area contributed by atoms with Gasteiger partial charge >= 0.3 is 5.97 Å². The predicted octanol–water partition coefficient (Wildman–Crippen LogP) is 3.01. The lowest BCUT2D eigenvalue weighted by atomic mass is 9.80. The van der Waals surface area contributed by atoms with Gasteiger partial charge in [-0.1, -0.05) is 44.2 Å². The fourth-order valence-corrected chi connectivity index (χ4v) is 4.72. The van der Waals surface area contributed by atoms with Crippen molar-refractivity contribution in [2.75, 3.05) is 6.26 Å². The van der Waals surface area contributed by atoms with Crippen LogP contribution in [0.25, 0.3) is 0 Å². The number of sulfone groups is 1. The molecule has 0 amide bonds. The van der Waals surface area contributed by atoms with Crippen molar-refractivity contribution in [3.63, 3.8) is 0 Å². The summed E-state index contributed by atoms with van der Waals surface area (Å²) in [6.45, 7) is 0. The molecule has 2 unspecified atom stereocenters. The van der Waals surface area contributed by atoms with Crippen LogP contribution in [0.3, 0.4) is 0 Å². The lowest BCUT2D eigenvalue weighted by molar-refractivity contribution is -0.140. The second-order valence-electron chi connectivity index (χ2n) is 6.78. The largest absolute Gasteiger partial charge is 0.481 e. The van der Waals surface area contributed by atoms with Gasteiger partial charge in [0.05, 0.1) is 10.3 Å². The zero-order valence-electron chi connectivity index (χ0n) is 12.8. The number of hydrogen-bond donors (Lipinski definition) is 1. The summed E-state index contributed by atoms with van der Waals surface area (Å²) in [5, 5.41) is 9.77. The van der Waals surface area contributed by atoms with Crippen molar-refractivity contribution in [3.8, 4) is 0 Å². The van der Waals surface area contributed by atoms with Gasteiger partial charge in [0.15, 0.2) is 9.84 Å². The SMILES string of the molecule is CS(=O)(=O)c1ccc(C2(C(=O)O)CC2C2CCCCC2)cc1. The Labute approximate surface area is 131 Å². The summed E-state index contributed by atoms with van der Waals surface area (Å²) in [7, 11) is -3.25. The molecule has 0 aliphatic heterocycles. The monoisotopic (exact) mass is 322 g/mol. The molecule has 120 valence electrons. The van der Waals surface area contributed by atoms with Crippen LogP contribution < -0.4 is 0 Å². The average molecular weight is 322 g/mol. The number of hydrogen-bond acceptors (Lipinski definition) is 3. The molecule has 2 fully saturated rings. The van der Waals surface area contributed by atoms with Gasteiger partial charge in [0.1, 0.15) is 0 Å². The molecule has 0 spiro atoms. The average Bonchev–Trinajstić information content (AvgIpc) is 3.24. The highest BCUT2D eigenvalue weighted by Gasteiger charge is 2.63. The van der Waals surface area contributed by atoms with Gasteiger partial charge in [-0.15, -0.1) is 0 Å². The molecule has 0 heterocycles. The van der Waals surface area contributed by atoms with Gasteiger partial charge in [0, 0.05) is 6.26 Å². The van der Waals surface area contributed by atoms with Gasteiger partial charge in [0.2, 0.25) is 0 Å². The molecule has 4 nitrogen and oxygen atoms in total. The smallest absolute Gasteiger partial charge is 0.314 e. The molecule has 0 radical (unpaired) electrons. The summed E-state index contributed by atoms with van der Waals surface area (Å²) in [4.78, 5) is 12.1. The molecule has 2 aliphatic rings. The van der Waals surface area contributed by atoms with E-state index in [1.54, 1.807) is 12.1 Å². The van der Waals surface area contributed by atoms with Crippen LogP contribution in [0.5, 0.6) is 0 Å². The van der Waals surface area contributed by atoms with Gasteiger partial charge in [-0.25, -0.2) is 8.42 Å². The van der Waals surface area contributed by atoms with Crippen LogP contribution in [0.4, 0.5) is 0 Å². The molecule has 3 rings (SSSR count). The molecule has 2 saturated carbocycles. The Morgan fingerprint density at radius 3 is 2.23 bits per heavy atom. The van der Waals surface area contributed by atoms with Crippen LogP contribution >= 0.6 is 0 Å². The van der Waals surface area contributed by atoms with Crippen molar-refractivity contribution in [1.82, 2.24) is 0 Å². The lowest BCUT2D eigenvalue weighted by Crippen LogP contribution is -2.26. The number of carboxylic acid groups (broad SMARTS) is 1. The molecule has 22 heavy (non-hydrogen) atoms. The van der Waals surface area contributed by atoms with Crippen LogP contribution in [0.2, 0.25) is 0 Å². The summed E-state index contributed by atoms with van der Waals surface area (Å²) in [6.07, 6.45) is 7.75. The van der Waals surface area contributed by atoms with Crippen molar-refractivity contribution in [3.05, 3.63) is 29.8 Å². The summed E-state index contributed by atoms with van der Waals surface area (Å²) in [6, 6.07) is 6.44. The third kappa shape index (κ3) is 2.56. The highest BCUT2D eigenvalue weighted by atomic mass is 32.2. The predicted molar refractivity (Wildman–Crippen MR) is 83.5 cm³/mol. The van der Waals surface area contributed by atoms with Crippen LogP contribution in [0.15, 0.2) is 29.2 Å². The van der Waals surface area contributed by atoms with Crippen molar-refractivity contribution in [2.45, 2.75) is 48.8 Å². The number of carboxylic acids is 1. The first kappa shape index (κ1) is 15.5. The van der Waals surface area contributed by atoms with E-state index >= 15 is 0 Å². The Hall–Kier alpha value is -1.36. The second kappa shape index (κ2) is 5.37. The molecule has 0 aromatic heterocycles. The Morgan fingerprint density at radius 2 is 1.73 bits per heavy atom. The maximum absolute atomic E-state index is 11.9. The van der Waals surface area contributed by atoms with Gasteiger partial charge in [-0.3, -0.25) is 4.79 Å². The highest BCUT2D eigenvalue weighted by Crippen LogP contribution is 2.60. The van der Waals surface area contributed by atoms with E-state index < -0.39 is 21.2 Å². The minimum Gasteiger partial charge on any atom is -0.481 e. The van der Waals surface area contributed by atoms with Gasteiger partial charge < -0.3 is 5.11 Å². The maximum Gasteiger partial charge on any atom is 0.314 e. The Morgan fingerprint density at radius 1 is 1.14 bits per heavy atom. The topological polar surface area (TPSA) is 71.4 Å². The highest BCUT2D eigenvalue weighted by molar-refractivity contribution is 7.90. The van der Waals surface area contributed by atoms with Crippen LogP contribution in [0, 0.1) is 11.8 Å². The van der Waals surface area contributed by atoms with Gasteiger partial charge in [-0.2, -0.15) is 0 Å². The normalized spacial score (nSPS) is 29.2.